The average molecular weight is 463 g/mol. The van der Waals surface area contributed by atoms with Gasteiger partial charge in [0.1, 0.15) is 0 Å². The van der Waals surface area contributed by atoms with Gasteiger partial charge in [0.25, 0.3) is 0 Å². The lowest BCUT2D eigenvalue weighted by molar-refractivity contribution is -0.117. The average Bonchev–Trinajstić information content (AvgIpc) is 2.80. The molecule has 0 aliphatic carbocycles. The molecule has 0 fully saturated rings. The van der Waals surface area contributed by atoms with Crippen LogP contribution in [0, 0.1) is 0 Å². The SMILES string of the molecule is C[C@@H](NS(=O)(=O)c1ccc2ccccc2c1)C(=O)Nc1ccccc1Sc1ccccc1. The van der Waals surface area contributed by atoms with Crippen LogP contribution in [-0.4, -0.2) is 20.4 Å². The Kier molecular flexibility index (Phi) is 6.60. The number of sulfonamides is 1. The molecule has 0 saturated carbocycles. The van der Waals surface area contributed by atoms with Gasteiger partial charge in [-0.25, -0.2) is 8.42 Å². The van der Waals surface area contributed by atoms with E-state index < -0.39 is 22.0 Å². The molecule has 0 heterocycles. The van der Waals surface area contributed by atoms with Crippen LogP contribution in [-0.2, 0) is 14.8 Å². The van der Waals surface area contributed by atoms with Crippen molar-refractivity contribution in [2.45, 2.75) is 27.7 Å². The van der Waals surface area contributed by atoms with Crippen LogP contribution in [0.2, 0.25) is 0 Å². The van der Waals surface area contributed by atoms with Crippen molar-refractivity contribution in [1.29, 1.82) is 0 Å². The molecule has 0 spiro atoms. The minimum atomic E-state index is -3.86. The predicted octanol–water partition coefficient (Wildman–Crippen LogP) is 5.30. The molecule has 4 aromatic carbocycles. The molecule has 1 atom stereocenters. The Bertz CT molecular complexity index is 1360. The number of benzene rings is 4. The van der Waals surface area contributed by atoms with Crippen LogP contribution in [0.4, 0.5) is 5.69 Å². The summed E-state index contributed by atoms with van der Waals surface area (Å²) in [6.07, 6.45) is 0. The maximum Gasteiger partial charge on any atom is 0.242 e. The van der Waals surface area contributed by atoms with Gasteiger partial charge in [-0.3, -0.25) is 4.79 Å². The Morgan fingerprint density at radius 1 is 0.812 bits per heavy atom. The van der Waals surface area contributed by atoms with Crippen molar-refractivity contribution in [2.75, 3.05) is 5.32 Å². The Balaban J connectivity index is 1.48. The molecule has 0 radical (unpaired) electrons. The molecule has 0 aliphatic heterocycles. The van der Waals surface area contributed by atoms with Gasteiger partial charge in [-0.15, -0.1) is 0 Å². The van der Waals surface area contributed by atoms with Crippen LogP contribution >= 0.6 is 11.8 Å². The largest absolute Gasteiger partial charge is 0.324 e. The Labute approximate surface area is 191 Å². The second kappa shape index (κ2) is 9.56. The van der Waals surface area contributed by atoms with E-state index in [0.717, 1.165) is 20.6 Å². The van der Waals surface area contributed by atoms with E-state index in [2.05, 4.69) is 10.0 Å². The van der Waals surface area contributed by atoms with E-state index in [0.29, 0.717) is 5.69 Å². The van der Waals surface area contributed by atoms with Gasteiger partial charge in [-0.05, 0) is 54.1 Å². The molecular formula is C25H22N2O3S2. The van der Waals surface area contributed by atoms with Crippen molar-refractivity contribution in [2.24, 2.45) is 0 Å². The zero-order chi connectivity index (χ0) is 22.6. The van der Waals surface area contributed by atoms with Crippen LogP contribution < -0.4 is 10.0 Å². The van der Waals surface area contributed by atoms with Gasteiger partial charge < -0.3 is 5.32 Å². The number of rotatable bonds is 7. The number of fused-ring (bicyclic) bond motifs is 1. The minimum Gasteiger partial charge on any atom is -0.324 e. The van der Waals surface area contributed by atoms with Gasteiger partial charge in [-0.1, -0.05) is 72.4 Å². The van der Waals surface area contributed by atoms with Crippen molar-refractivity contribution in [1.82, 2.24) is 4.72 Å². The fourth-order valence-corrected chi connectivity index (χ4v) is 5.36. The summed E-state index contributed by atoms with van der Waals surface area (Å²) in [6, 6.07) is 28.7. The van der Waals surface area contributed by atoms with Crippen molar-refractivity contribution in [3.05, 3.63) is 97.1 Å². The topological polar surface area (TPSA) is 75.3 Å². The third-order valence-electron chi connectivity index (χ3n) is 4.87. The number of para-hydroxylation sites is 1. The first-order chi connectivity index (χ1) is 15.4. The molecule has 1 amide bonds. The van der Waals surface area contributed by atoms with Crippen LogP contribution in [0.1, 0.15) is 6.92 Å². The Morgan fingerprint density at radius 2 is 1.47 bits per heavy atom. The summed E-state index contributed by atoms with van der Waals surface area (Å²) in [5.74, 6) is -0.435. The summed E-state index contributed by atoms with van der Waals surface area (Å²) in [5, 5.41) is 4.62. The molecular weight excluding hydrogens is 440 g/mol. The van der Waals surface area contributed by atoms with Gasteiger partial charge in [0, 0.05) is 9.79 Å². The number of hydrogen-bond donors (Lipinski definition) is 2. The molecule has 5 nitrogen and oxygen atoms in total. The summed E-state index contributed by atoms with van der Waals surface area (Å²) in [4.78, 5) is 14.8. The fourth-order valence-electron chi connectivity index (χ4n) is 3.20. The molecule has 4 aromatic rings. The number of amides is 1. The molecule has 0 aliphatic rings. The molecule has 162 valence electrons. The van der Waals surface area contributed by atoms with Crippen LogP contribution in [0.25, 0.3) is 10.8 Å². The third-order valence-corrected chi connectivity index (χ3v) is 7.49. The molecule has 32 heavy (non-hydrogen) atoms. The lowest BCUT2D eigenvalue weighted by atomic mass is 10.1. The number of anilines is 1. The summed E-state index contributed by atoms with van der Waals surface area (Å²) >= 11 is 1.53. The van der Waals surface area contributed by atoms with E-state index in [1.165, 1.54) is 18.7 Å². The third kappa shape index (κ3) is 5.19. The van der Waals surface area contributed by atoms with E-state index in [1.807, 2.05) is 72.8 Å². The first-order valence-corrected chi connectivity index (χ1v) is 12.4. The first kappa shape index (κ1) is 22.1. The van der Waals surface area contributed by atoms with Gasteiger partial charge in [0.15, 0.2) is 0 Å². The van der Waals surface area contributed by atoms with Gasteiger partial charge in [0.2, 0.25) is 15.9 Å². The van der Waals surface area contributed by atoms with E-state index >= 15 is 0 Å². The highest BCUT2D eigenvalue weighted by Gasteiger charge is 2.23. The second-order valence-electron chi connectivity index (χ2n) is 7.25. The van der Waals surface area contributed by atoms with Crippen LogP contribution in [0.5, 0.6) is 0 Å². The monoisotopic (exact) mass is 462 g/mol. The predicted molar refractivity (Wildman–Crippen MR) is 129 cm³/mol. The maximum atomic E-state index is 12.9. The summed E-state index contributed by atoms with van der Waals surface area (Å²) < 4.78 is 28.2. The number of carbonyl (C=O) groups excluding carboxylic acids is 1. The normalized spacial score (nSPS) is 12.4. The van der Waals surface area contributed by atoms with Crippen molar-refractivity contribution in [3.63, 3.8) is 0 Å². The smallest absolute Gasteiger partial charge is 0.242 e. The maximum absolute atomic E-state index is 12.9. The van der Waals surface area contributed by atoms with Gasteiger partial charge in [0.05, 0.1) is 16.6 Å². The van der Waals surface area contributed by atoms with Crippen molar-refractivity contribution < 1.29 is 13.2 Å². The second-order valence-corrected chi connectivity index (χ2v) is 10.1. The van der Waals surface area contributed by atoms with Crippen LogP contribution in [0.3, 0.4) is 0 Å². The zero-order valence-electron chi connectivity index (χ0n) is 17.4. The van der Waals surface area contributed by atoms with E-state index in [-0.39, 0.29) is 4.90 Å². The Morgan fingerprint density at radius 3 is 2.25 bits per heavy atom. The number of nitrogens with one attached hydrogen (secondary N) is 2. The van der Waals surface area contributed by atoms with Crippen molar-refractivity contribution in [3.8, 4) is 0 Å². The molecule has 2 N–H and O–H groups in total. The molecule has 0 aromatic heterocycles. The molecule has 0 unspecified atom stereocenters. The quantitative estimate of drug-likeness (QED) is 0.391. The zero-order valence-corrected chi connectivity index (χ0v) is 19.0. The van der Waals surface area contributed by atoms with Gasteiger partial charge in [-0.2, -0.15) is 4.72 Å². The lowest BCUT2D eigenvalue weighted by Gasteiger charge is -2.16. The summed E-state index contributed by atoms with van der Waals surface area (Å²) in [7, 11) is -3.86. The van der Waals surface area contributed by atoms with E-state index in [1.54, 1.807) is 24.3 Å². The fraction of sp³-hybridized carbons (Fsp3) is 0.0800. The molecule has 0 saturated heterocycles. The number of hydrogen-bond acceptors (Lipinski definition) is 4. The molecule has 4 rings (SSSR count). The summed E-state index contributed by atoms with van der Waals surface area (Å²) in [5.41, 5.74) is 0.628. The molecule has 7 heteroatoms. The summed E-state index contributed by atoms with van der Waals surface area (Å²) in [6.45, 7) is 1.53. The highest BCUT2D eigenvalue weighted by atomic mass is 32.2. The minimum absolute atomic E-state index is 0.121. The number of carbonyl (C=O) groups is 1. The van der Waals surface area contributed by atoms with Crippen molar-refractivity contribution >= 4 is 44.2 Å². The van der Waals surface area contributed by atoms with Crippen LogP contribution in [0.15, 0.2) is 112 Å². The molecule has 0 bridgehead atoms. The highest BCUT2D eigenvalue weighted by Crippen LogP contribution is 2.33. The van der Waals surface area contributed by atoms with E-state index in [9.17, 15) is 13.2 Å². The Hall–Kier alpha value is -3.13. The van der Waals surface area contributed by atoms with E-state index in [4.69, 9.17) is 0 Å². The first-order valence-electron chi connectivity index (χ1n) is 10.1. The standard InChI is InChI=1S/C25H22N2O3S2/c1-18(27-32(29,30)22-16-15-19-9-5-6-10-20(19)17-22)25(28)26-23-13-7-8-14-24(23)31-21-11-3-2-4-12-21/h2-18,27H,1H3,(H,26,28)/t18-/m1/s1. The highest BCUT2D eigenvalue weighted by molar-refractivity contribution is 7.99. The van der Waals surface area contributed by atoms with Gasteiger partial charge >= 0.3 is 0 Å². The lowest BCUT2D eigenvalue weighted by Crippen LogP contribution is -2.41.